The maximum absolute atomic E-state index is 12.0. The van der Waals surface area contributed by atoms with Crippen LogP contribution in [0, 0.1) is 0 Å². The molecule has 8 heteroatoms. The van der Waals surface area contributed by atoms with Crippen molar-refractivity contribution in [2.45, 2.75) is 0 Å². The van der Waals surface area contributed by atoms with Crippen LogP contribution < -0.4 is 24.8 Å². The Balaban J connectivity index is 2.35. The number of hydrogen-bond acceptors (Lipinski definition) is 7. The Morgan fingerprint density at radius 3 is 2.62 bits per heavy atom. The predicted octanol–water partition coefficient (Wildman–Crippen LogP) is -0.0569. The minimum Gasteiger partial charge on any atom is -0.507 e. The van der Waals surface area contributed by atoms with E-state index >= 15 is 0 Å². The van der Waals surface area contributed by atoms with Crippen molar-refractivity contribution in [2.75, 3.05) is 20.0 Å². The fourth-order valence-electron chi connectivity index (χ4n) is 1.58. The lowest BCUT2D eigenvalue weighted by Gasteiger charge is -2.08. The second kappa shape index (κ2) is 5.95. The molecule has 0 bridgehead atoms. The molecule has 0 spiro atoms. The van der Waals surface area contributed by atoms with Gasteiger partial charge in [0.1, 0.15) is 11.3 Å². The van der Waals surface area contributed by atoms with Crippen LogP contribution in [0.1, 0.15) is 10.4 Å². The first-order valence-corrected chi connectivity index (χ1v) is 5.88. The van der Waals surface area contributed by atoms with Gasteiger partial charge in [0, 0.05) is 0 Å². The molecule has 2 aromatic rings. The van der Waals surface area contributed by atoms with Gasteiger partial charge in [0.25, 0.3) is 0 Å². The van der Waals surface area contributed by atoms with E-state index in [0.29, 0.717) is 0 Å². The Kier molecular flexibility index (Phi) is 4.07. The number of aromatic hydroxyl groups is 1. The summed E-state index contributed by atoms with van der Waals surface area (Å²) < 4.78 is 10.9. The molecule has 2 rings (SSSR count). The molecule has 0 saturated carbocycles. The number of benzene rings is 1. The summed E-state index contributed by atoms with van der Waals surface area (Å²) in [4.78, 5) is 21.0. The first-order chi connectivity index (χ1) is 10.1. The summed E-state index contributed by atoms with van der Waals surface area (Å²) in [6.07, 6.45) is 0. The highest BCUT2D eigenvalue weighted by Gasteiger charge is 2.24. The van der Waals surface area contributed by atoms with Gasteiger partial charge in [-0.15, -0.1) is 0 Å². The number of carbonyl (C=O) groups is 1. The maximum Gasteiger partial charge on any atom is 0.434 e. The topological polar surface area (TPSA) is 108 Å². The molecule has 0 unspecified atom stereocenters. The number of rotatable bonds is 4. The third kappa shape index (κ3) is 2.94. The molecule has 1 heterocycles. The second-order valence-electron chi connectivity index (χ2n) is 3.89. The highest BCUT2D eigenvalue weighted by atomic mass is 16.7. The lowest BCUT2D eigenvalue weighted by atomic mass is 10.2. The quantitative estimate of drug-likeness (QED) is 0.760. The molecule has 0 radical (unpaired) electrons. The number of nitrogen functional groups attached to an aromatic ring is 1. The Labute approximate surface area is 120 Å². The summed E-state index contributed by atoms with van der Waals surface area (Å²) >= 11 is 0. The molecule has 3 N–H and O–H groups in total. The largest absolute Gasteiger partial charge is 0.507 e. The highest BCUT2D eigenvalue weighted by molar-refractivity contribution is 5.92. The summed E-state index contributed by atoms with van der Waals surface area (Å²) in [5, 5.41) is 9.63. The number of nitrogens with two attached hydrogens (primary N) is 1. The third-order valence-corrected chi connectivity index (χ3v) is 2.60. The first kappa shape index (κ1) is 14.4. The van der Waals surface area contributed by atoms with Crippen molar-refractivity contribution in [2.24, 2.45) is 0 Å². The van der Waals surface area contributed by atoms with Crippen molar-refractivity contribution < 1.29 is 28.9 Å². The Morgan fingerprint density at radius 2 is 2.00 bits per heavy atom. The van der Waals surface area contributed by atoms with Crippen LogP contribution in [0.4, 0.5) is 5.95 Å². The normalized spacial score (nSPS) is 10.0. The molecule has 8 nitrogen and oxygen atoms in total. The van der Waals surface area contributed by atoms with Crippen LogP contribution in [-0.4, -0.2) is 30.3 Å². The van der Waals surface area contributed by atoms with Gasteiger partial charge in [0.15, 0.2) is 0 Å². The van der Waals surface area contributed by atoms with Crippen LogP contribution in [-0.2, 0) is 0 Å². The van der Waals surface area contributed by atoms with Crippen molar-refractivity contribution >= 4 is 11.9 Å². The summed E-state index contributed by atoms with van der Waals surface area (Å²) in [5.41, 5.74) is 5.68. The average Bonchev–Trinajstić information content (AvgIpc) is 2.49. The predicted molar refractivity (Wildman–Crippen MR) is 71.0 cm³/mol. The fraction of sp³-hybridized carbons (Fsp3) is 0.154. The van der Waals surface area contributed by atoms with E-state index in [4.69, 9.17) is 20.0 Å². The average molecular weight is 292 g/mol. The van der Waals surface area contributed by atoms with Crippen molar-refractivity contribution in [1.82, 2.24) is 4.98 Å². The van der Waals surface area contributed by atoms with Crippen molar-refractivity contribution in [1.29, 1.82) is 0 Å². The number of aromatic nitrogens is 2. The lowest BCUT2D eigenvalue weighted by molar-refractivity contribution is -0.859. The van der Waals surface area contributed by atoms with Gasteiger partial charge in [0.05, 0.1) is 20.3 Å². The molecule has 0 amide bonds. The molecule has 1 aromatic carbocycles. The molecule has 0 fully saturated rings. The van der Waals surface area contributed by atoms with E-state index < -0.39 is 5.97 Å². The van der Waals surface area contributed by atoms with Gasteiger partial charge in [-0.25, -0.2) is 4.79 Å². The molecule has 0 aliphatic heterocycles. The van der Waals surface area contributed by atoms with Crippen molar-refractivity contribution in [3.05, 3.63) is 35.9 Å². The minimum atomic E-state index is -0.810. The van der Waals surface area contributed by atoms with Gasteiger partial charge in [-0.3, -0.25) is 10.6 Å². The van der Waals surface area contributed by atoms with Crippen LogP contribution in [0.5, 0.6) is 17.5 Å². The van der Waals surface area contributed by atoms with Gasteiger partial charge in [-0.05, 0) is 21.8 Å². The number of ether oxygens (including phenoxy) is 2. The molecule has 0 atom stereocenters. The van der Waals surface area contributed by atoms with Crippen molar-refractivity contribution in [3.63, 3.8) is 0 Å². The van der Waals surface area contributed by atoms with Gasteiger partial charge in [0.2, 0.25) is 0 Å². The molecular weight excluding hydrogens is 278 g/mol. The zero-order valence-corrected chi connectivity index (χ0v) is 11.4. The summed E-state index contributed by atoms with van der Waals surface area (Å²) in [6, 6.07) is 7.36. The monoisotopic (exact) mass is 292 g/mol. The zero-order chi connectivity index (χ0) is 15.4. The first-order valence-electron chi connectivity index (χ1n) is 5.88. The minimum absolute atomic E-state index is 0.0118. The summed E-state index contributed by atoms with van der Waals surface area (Å²) in [6.45, 7) is 0. The van der Waals surface area contributed by atoms with Crippen LogP contribution in [0.3, 0.4) is 0 Å². The zero-order valence-electron chi connectivity index (χ0n) is 11.4. The molecule has 0 saturated heterocycles. The van der Waals surface area contributed by atoms with E-state index in [9.17, 15) is 9.90 Å². The van der Waals surface area contributed by atoms with E-state index in [1.807, 2.05) is 0 Å². The van der Waals surface area contributed by atoms with E-state index in [-0.39, 0.29) is 29.0 Å². The van der Waals surface area contributed by atoms with Gasteiger partial charge in [-0.1, -0.05) is 12.1 Å². The second-order valence-corrected chi connectivity index (χ2v) is 3.89. The molecular formula is C13H14N3O5+. The number of carbonyl (C=O) groups excluding carboxylic acids is 1. The number of anilines is 1. The number of para-hydroxylation sites is 1. The standard InChI is InChI=1S/C13H13N3O5/c1-19-10-7-11(20-2)16(13(14)15-10)21-12(18)8-5-3-4-6-9(8)17/h3-7,14H,1-2H3,(H,17,18)/p+1. The molecule has 110 valence electrons. The Hall–Kier alpha value is -3.03. The van der Waals surface area contributed by atoms with Gasteiger partial charge >= 0.3 is 23.7 Å². The van der Waals surface area contributed by atoms with Crippen LogP contribution >= 0.6 is 0 Å². The number of nitrogens with zero attached hydrogens (tertiary/aromatic N) is 2. The Bertz CT molecular complexity index is 675. The maximum atomic E-state index is 12.0. The van der Waals surface area contributed by atoms with E-state index in [1.165, 1.54) is 32.4 Å². The fourth-order valence-corrected chi connectivity index (χ4v) is 1.58. The summed E-state index contributed by atoms with van der Waals surface area (Å²) in [5.74, 6) is -0.838. The number of hydrogen-bond donors (Lipinski definition) is 2. The van der Waals surface area contributed by atoms with E-state index in [2.05, 4.69) is 4.98 Å². The number of phenolic OH excluding ortho intramolecular Hbond substituents is 1. The van der Waals surface area contributed by atoms with E-state index in [1.54, 1.807) is 12.1 Å². The van der Waals surface area contributed by atoms with Crippen LogP contribution in [0.2, 0.25) is 0 Å². The molecule has 0 aliphatic carbocycles. The van der Waals surface area contributed by atoms with Gasteiger partial charge in [-0.2, -0.15) is 0 Å². The lowest BCUT2D eigenvalue weighted by Crippen LogP contribution is -2.49. The SMILES string of the molecule is COc1cc(OC)[n+](OC(=O)c2ccccc2O)c(N)n1. The number of methoxy groups -OCH3 is 2. The Morgan fingerprint density at radius 1 is 1.29 bits per heavy atom. The number of phenols is 1. The molecule has 1 aromatic heterocycles. The van der Waals surface area contributed by atoms with E-state index in [0.717, 1.165) is 4.73 Å². The third-order valence-electron chi connectivity index (χ3n) is 2.60. The van der Waals surface area contributed by atoms with Crippen LogP contribution in [0.25, 0.3) is 0 Å². The van der Waals surface area contributed by atoms with Gasteiger partial charge < -0.3 is 14.6 Å². The highest BCUT2D eigenvalue weighted by Crippen LogP contribution is 2.17. The molecule has 21 heavy (non-hydrogen) atoms. The molecule has 0 aliphatic rings. The smallest absolute Gasteiger partial charge is 0.434 e. The van der Waals surface area contributed by atoms with Crippen LogP contribution in [0.15, 0.2) is 30.3 Å². The van der Waals surface area contributed by atoms with Crippen molar-refractivity contribution in [3.8, 4) is 17.5 Å². The summed E-state index contributed by atoms with van der Waals surface area (Å²) in [7, 11) is 2.79.